The average Bonchev–Trinajstić information content (AvgIpc) is 2.75. The lowest BCUT2D eigenvalue weighted by molar-refractivity contribution is 0.114. The van der Waals surface area contributed by atoms with Gasteiger partial charge in [-0.2, -0.15) is 0 Å². The third-order valence-electron chi connectivity index (χ3n) is 4.27. The van der Waals surface area contributed by atoms with Gasteiger partial charge in [0, 0.05) is 11.4 Å². The number of aromatic nitrogens is 2. The van der Waals surface area contributed by atoms with Gasteiger partial charge < -0.3 is 4.74 Å². The largest absolute Gasteiger partial charge is 0.376 e. The molecule has 5 heteroatoms. The lowest BCUT2D eigenvalue weighted by atomic mass is 9.85. The van der Waals surface area contributed by atoms with Gasteiger partial charge in [-0.05, 0) is 30.7 Å². The van der Waals surface area contributed by atoms with Gasteiger partial charge in [-0.25, -0.2) is 4.98 Å². The molecule has 4 nitrogen and oxygen atoms in total. The third-order valence-corrected chi connectivity index (χ3v) is 5.38. The van der Waals surface area contributed by atoms with E-state index in [1.165, 1.54) is 29.7 Å². The second kappa shape index (κ2) is 4.42. The summed E-state index contributed by atoms with van der Waals surface area (Å²) in [7, 11) is 0. The van der Waals surface area contributed by atoms with Crippen LogP contribution in [0.4, 0.5) is 0 Å². The van der Waals surface area contributed by atoms with Crippen LogP contribution < -0.4 is 5.56 Å². The van der Waals surface area contributed by atoms with E-state index in [1.54, 1.807) is 17.7 Å². The van der Waals surface area contributed by atoms with E-state index in [0.717, 1.165) is 29.8 Å². The van der Waals surface area contributed by atoms with Crippen molar-refractivity contribution in [1.29, 1.82) is 0 Å². The molecule has 0 spiro atoms. The molecule has 1 saturated carbocycles. The molecule has 2 aromatic rings. The summed E-state index contributed by atoms with van der Waals surface area (Å²) >= 11 is 1.61. The number of thiophene rings is 1. The van der Waals surface area contributed by atoms with Gasteiger partial charge in [-0.1, -0.05) is 6.42 Å². The number of hydrogen-bond acceptors (Lipinski definition) is 4. The van der Waals surface area contributed by atoms with Crippen LogP contribution in [-0.2, 0) is 24.3 Å². The van der Waals surface area contributed by atoms with Gasteiger partial charge in [-0.15, -0.1) is 11.3 Å². The summed E-state index contributed by atoms with van der Waals surface area (Å²) in [4.78, 5) is 19.2. The summed E-state index contributed by atoms with van der Waals surface area (Å²) < 4.78 is 7.27. The van der Waals surface area contributed by atoms with E-state index in [2.05, 4.69) is 4.98 Å². The molecule has 100 valence electrons. The van der Waals surface area contributed by atoms with Gasteiger partial charge in [0.15, 0.2) is 0 Å². The Hall–Kier alpha value is -1.20. The van der Waals surface area contributed by atoms with Gasteiger partial charge in [0.1, 0.15) is 4.83 Å². The second-order valence-electron chi connectivity index (χ2n) is 5.49. The number of rotatable bonds is 2. The molecular weight excluding hydrogens is 260 g/mol. The highest BCUT2D eigenvalue weighted by atomic mass is 32.1. The van der Waals surface area contributed by atoms with Crippen LogP contribution in [-0.4, -0.2) is 16.2 Å². The molecule has 0 N–H and O–H groups in total. The minimum Gasteiger partial charge on any atom is -0.376 e. The van der Waals surface area contributed by atoms with E-state index in [0.29, 0.717) is 12.5 Å². The second-order valence-corrected chi connectivity index (χ2v) is 6.57. The van der Waals surface area contributed by atoms with Crippen LogP contribution in [0.1, 0.15) is 29.7 Å². The molecule has 1 aliphatic heterocycles. The topological polar surface area (TPSA) is 44.1 Å². The Morgan fingerprint density at radius 2 is 2.37 bits per heavy atom. The van der Waals surface area contributed by atoms with Crippen LogP contribution in [0.15, 0.2) is 11.1 Å². The molecule has 1 fully saturated rings. The highest BCUT2D eigenvalue weighted by Crippen LogP contribution is 2.32. The van der Waals surface area contributed by atoms with Crippen molar-refractivity contribution in [2.24, 2.45) is 5.92 Å². The third kappa shape index (κ3) is 1.83. The SMILES string of the molecule is O=c1c2c3c(sc2ncn1CC1CCC1)COCC3. The van der Waals surface area contributed by atoms with E-state index < -0.39 is 0 Å². The first kappa shape index (κ1) is 11.6. The maximum atomic E-state index is 12.6. The minimum atomic E-state index is 0.149. The van der Waals surface area contributed by atoms with Gasteiger partial charge in [0.2, 0.25) is 0 Å². The van der Waals surface area contributed by atoms with Crippen LogP contribution in [0.25, 0.3) is 10.2 Å². The summed E-state index contributed by atoms with van der Waals surface area (Å²) in [6.45, 7) is 2.19. The number of ether oxygens (including phenoxy) is 1. The van der Waals surface area contributed by atoms with Gasteiger partial charge in [0.25, 0.3) is 5.56 Å². The summed E-state index contributed by atoms with van der Waals surface area (Å²) in [5, 5.41) is 0.852. The highest BCUT2D eigenvalue weighted by molar-refractivity contribution is 7.18. The van der Waals surface area contributed by atoms with Crippen molar-refractivity contribution in [1.82, 2.24) is 9.55 Å². The van der Waals surface area contributed by atoms with E-state index in [9.17, 15) is 4.79 Å². The van der Waals surface area contributed by atoms with Crippen molar-refractivity contribution in [3.8, 4) is 0 Å². The zero-order valence-corrected chi connectivity index (χ0v) is 11.5. The molecule has 19 heavy (non-hydrogen) atoms. The van der Waals surface area contributed by atoms with Crippen molar-refractivity contribution in [3.63, 3.8) is 0 Å². The van der Waals surface area contributed by atoms with E-state index in [4.69, 9.17) is 4.74 Å². The molecule has 0 aromatic carbocycles. The fourth-order valence-corrected chi connectivity index (χ4v) is 4.05. The summed E-state index contributed by atoms with van der Waals surface area (Å²) in [6, 6.07) is 0. The van der Waals surface area contributed by atoms with Crippen molar-refractivity contribution < 1.29 is 4.74 Å². The highest BCUT2D eigenvalue weighted by Gasteiger charge is 2.22. The van der Waals surface area contributed by atoms with Crippen LogP contribution in [0.3, 0.4) is 0 Å². The Kier molecular flexibility index (Phi) is 2.70. The average molecular weight is 276 g/mol. The van der Waals surface area contributed by atoms with Gasteiger partial charge >= 0.3 is 0 Å². The predicted molar refractivity (Wildman–Crippen MR) is 74.6 cm³/mol. The molecule has 1 aliphatic carbocycles. The standard InChI is InChI=1S/C14H16N2O2S/c17-14-12-10-4-5-18-7-11(10)19-13(12)15-8-16(14)6-9-2-1-3-9/h8-9H,1-7H2. The minimum absolute atomic E-state index is 0.149. The van der Waals surface area contributed by atoms with Crippen molar-refractivity contribution in [2.75, 3.05) is 6.61 Å². The fraction of sp³-hybridized carbons (Fsp3) is 0.571. The van der Waals surface area contributed by atoms with Crippen LogP contribution >= 0.6 is 11.3 Å². The zero-order valence-electron chi connectivity index (χ0n) is 10.7. The molecule has 0 atom stereocenters. The molecule has 2 aliphatic rings. The summed E-state index contributed by atoms with van der Waals surface area (Å²) in [5.41, 5.74) is 1.34. The predicted octanol–water partition coefficient (Wildman–Crippen LogP) is 2.33. The fourth-order valence-electron chi connectivity index (χ4n) is 2.93. The molecule has 0 radical (unpaired) electrons. The number of hydrogen-bond donors (Lipinski definition) is 0. The Balaban J connectivity index is 1.83. The van der Waals surface area contributed by atoms with E-state index in [-0.39, 0.29) is 5.56 Å². The lowest BCUT2D eigenvalue weighted by Gasteiger charge is -2.25. The molecule has 2 aromatic heterocycles. The van der Waals surface area contributed by atoms with Gasteiger partial charge in [0.05, 0.1) is 24.9 Å². The summed E-state index contributed by atoms with van der Waals surface area (Å²) in [5.74, 6) is 0.676. The normalized spacial score (nSPS) is 19.4. The molecule has 0 amide bonds. The Bertz CT molecular complexity index is 685. The molecular formula is C14H16N2O2S. The molecule has 0 saturated heterocycles. The van der Waals surface area contributed by atoms with Crippen LogP contribution in [0.5, 0.6) is 0 Å². The Labute approximate surface area is 115 Å². The summed E-state index contributed by atoms with van der Waals surface area (Å²) in [6.07, 6.45) is 6.38. The van der Waals surface area contributed by atoms with E-state index in [1.807, 2.05) is 4.57 Å². The maximum Gasteiger partial charge on any atom is 0.262 e. The number of fused-ring (bicyclic) bond motifs is 3. The first-order valence-electron chi connectivity index (χ1n) is 6.90. The maximum absolute atomic E-state index is 12.6. The van der Waals surface area contributed by atoms with Crippen molar-refractivity contribution >= 4 is 21.6 Å². The first-order chi connectivity index (χ1) is 9.33. The molecule has 0 unspecified atom stereocenters. The Morgan fingerprint density at radius 3 is 3.16 bits per heavy atom. The van der Waals surface area contributed by atoms with Crippen LogP contribution in [0.2, 0.25) is 0 Å². The van der Waals surface area contributed by atoms with Crippen molar-refractivity contribution in [3.05, 3.63) is 27.1 Å². The smallest absolute Gasteiger partial charge is 0.262 e. The Morgan fingerprint density at radius 1 is 1.47 bits per heavy atom. The molecule has 3 heterocycles. The van der Waals surface area contributed by atoms with Crippen molar-refractivity contribution in [2.45, 2.75) is 38.8 Å². The monoisotopic (exact) mass is 276 g/mol. The molecule has 0 bridgehead atoms. The molecule has 4 rings (SSSR count). The van der Waals surface area contributed by atoms with Gasteiger partial charge in [-0.3, -0.25) is 9.36 Å². The zero-order chi connectivity index (χ0) is 12.8. The first-order valence-corrected chi connectivity index (χ1v) is 7.72. The van der Waals surface area contributed by atoms with Crippen LogP contribution in [0, 0.1) is 5.92 Å². The number of nitrogens with zero attached hydrogens (tertiary/aromatic N) is 2. The van der Waals surface area contributed by atoms with E-state index >= 15 is 0 Å². The quantitative estimate of drug-likeness (QED) is 0.845. The lowest BCUT2D eigenvalue weighted by Crippen LogP contribution is -2.27.